The van der Waals surface area contributed by atoms with Gasteiger partial charge in [0, 0.05) is 43.6 Å². The average Bonchev–Trinajstić information content (AvgIpc) is 2.44. The Hall–Kier alpha value is -0.490. The molecule has 1 aromatic rings. The molecule has 1 N–H and O–H groups in total. The van der Waals surface area contributed by atoms with Gasteiger partial charge in [0.15, 0.2) is 0 Å². The molecule has 1 aliphatic rings. The summed E-state index contributed by atoms with van der Waals surface area (Å²) in [5.41, 5.74) is -0.126. The molecule has 1 unspecified atom stereocenters. The van der Waals surface area contributed by atoms with Crippen LogP contribution in [-0.4, -0.2) is 36.6 Å². The number of aliphatic hydroxyl groups is 1. The third-order valence-corrected chi connectivity index (χ3v) is 4.29. The molecule has 5 heteroatoms. The molecule has 1 aliphatic heterocycles. The van der Waals surface area contributed by atoms with E-state index < -0.39 is 11.7 Å². The van der Waals surface area contributed by atoms with Gasteiger partial charge in [0.1, 0.15) is 5.82 Å². The van der Waals surface area contributed by atoms with Gasteiger partial charge in [-0.3, -0.25) is 0 Å². The van der Waals surface area contributed by atoms with Crippen molar-refractivity contribution in [3.8, 4) is 0 Å². The number of benzene rings is 1. The van der Waals surface area contributed by atoms with Crippen LogP contribution in [0.2, 0.25) is 0 Å². The van der Waals surface area contributed by atoms with Crippen molar-refractivity contribution in [2.75, 3.05) is 19.8 Å². The summed E-state index contributed by atoms with van der Waals surface area (Å²) in [7, 11) is 0. The molecule has 0 bridgehead atoms. The zero-order valence-corrected chi connectivity index (χ0v) is 13.2. The molecule has 1 aromatic carbocycles. The lowest BCUT2D eigenvalue weighted by Gasteiger charge is -2.40. The van der Waals surface area contributed by atoms with Crippen molar-refractivity contribution in [3.63, 3.8) is 0 Å². The summed E-state index contributed by atoms with van der Waals surface area (Å²) in [6.07, 6.45) is 0.774. The first-order valence-electron chi connectivity index (χ1n) is 6.91. The first-order valence-corrected chi connectivity index (χ1v) is 7.70. The third kappa shape index (κ3) is 3.58. The number of rotatable bonds is 5. The Kier molecular flexibility index (Phi) is 5.55. The first kappa shape index (κ1) is 15.9. The maximum absolute atomic E-state index is 13.8. The van der Waals surface area contributed by atoms with Gasteiger partial charge in [-0.05, 0) is 30.7 Å². The maximum atomic E-state index is 13.8. The van der Waals surface area contributed by atoms with Crippen LogP contribution in [-0.2, 0) is 15.9 Å². The van der Waals surface area contributed by atoms with Crippen LogP contribution >= 0.6 is 15.9 Å². The molecule has 1 heterocycles. The fraction of sp³-hybridized carbons (Fsp3) is 0.600. The van der Waals surface area contributed by atoms with Crippen molar-refractivity contribution in [3.05, 3.63) is 34.1 Å². The number of ether oxygens (including phenoxy) is 2. The number of hydrogen-bond donors (Lipinski definition) is 1. The summed E-state index contributed by atoms with van der Waals surface area (Å²) < 4.78 is 25.8. The van der Waals surface area contributed by atoms with E-state index in [1.165, 1.54) is 6.07 Å². The molecule has 112 valence electrons. The van der Waals surface area contributed by atoms with E-state index >= 15 is 0 Å². The van der Waals surface area contributed by atoms with Crippen LogP contribution in [0, 0.1) is 5.82 Å². The van der Waals surface area contributed by atoms with E-state index in [-0.39, 0.29) is 12.2 Å². The van der Waals surface area contributed by atoms with E-state index in [9.17, 15) is 9.50 Å². The minimum atomic E-state index is -0.741. The summed E-state index contributed by atoms with van der Waals surface area (Å²) in [4.78, 5) is 0. The van der Waals surface area contributed by atoms with E-state index in [1.807, 2.05) is 6.92 Å². The van der Waals surface area contributed by atoms with E-state index in [2.05, 4.69) is 15.9 Å². The standard InChI is InChI=1S/C15H20BrFO3/c1-2-20-15(5-7-19-8-6-15)14(18)10-11-9-12(16)3-4-13(11)17/h3-4,9,14,18H,2,5-8,10H2,1H3. The van der Waals surface area contributed by atoms with Crippen LogP contribution in [0.5, 0.6) is 0 Å². The van der Waals surface area contributed by atoms with Crippen molar-refractivity contribution in [1.82, 2.24) is 0 Å². The SMILES string of the molecule is CCOC1(C(O)Cc2cc(Br)ccc2F)CCOCC1. The Morgan fingerprint density at radius 2 is 2.15 bits per heavy atom. The normalized spacial score (nSPS) is 19.8. The summed E-state index contributed by atoms with van der Waals surface area (Å²) in [5.74, 6) is -0.300. The molecule has 1 saturated heterocycles. The lowest BCUT2D eigenvalue weighted by atomic mass is 9.84. The number of hydrogen-bond acceptors (Lipinski definition) is 3. The van der Waals surface area contributed by atoms with Gasteiger partial charge in [0.2, 0.25) is 0 Å². The van der Waals surface area contributed by atoms with E-state index in [0.717, 1.165) is 4.47 Å². The highest BCUT2D eigenvalue weighted by atomic mass is 79.9. The van der Waals surface area contributed by atoms with Gasteiger partial charge in [0.05, 0.1) is 11.7 Å². The molecule has 0 radical (unpaired) electrons. The molecular weight excluding hydrogens is 327 g/mol. The Morgan fingerprint density at radius 3 is 2.80 bits per heavy atom. The molecule has 0 spiro atoms. The van der Waals surface area contributed by atoms with Crippen LogP contribution in [0.1, 0.15) is 25.3 Å². The van der Waals surface area contributed by atoms with Gasteiger partial charge >= 0.3 is 0 Å². The summed E-state index contributed by atoms with van der Waals surface area (Å²) in [6.45, 7) is 3.57. The lowest BCUT2D eigenvalue weighted by molar-refractivity contribution is -0.165. The first-order chi connectivity index (χ1) is 9.57. The van der Waals surface area contributed by atoms with Crippen LogP contribution in [0.4, 0.5) is 4.39 Å². The van der Waals surface area contributed by atoms with Crippen molar-refractivity contribution in [2.24, 2.45) is 0 Å². The lowest BCUT2D eigenvalue weighted by Crippen LogP contribution is -2.50. The van der Waals surface area contributed by atoms with E-state index in [4.69, 9.17) is 9.47 Å². The summed E-state index contributed by atoms with van der Waals surface area (Å²) in [6, 6.07) is 4.76. The molecule has 3 nitrogen and oxygen atoms in total. The molecule has 0 saturated carbocycles. The largest absolute Gasteiger partial charge is 0.390 e. The van der Waals surface area contributed by atoms with Gasteiger partial charge in [-0.2, -0.15) is 0 Å². The monoisotopic (exact) mass is 346 g/mol. The van der Waals surface area contributed by atoms with Crippen molar-refractivity contribution in [2.45, 2.75) is 37.9 Å². The molecular formula is C15H20BrFO3. The zero-order valence-electron chi connectivity index (χ0n) is 11.6. The van der Waals surface area contributed by atoms with Crippen molar-refractivity contribution in [1.29, 1.82) is 0 Å². The Labute approximate surface area is 127 Å². The predicted octanol–water partition coefficient (Wildman–Crippen LogP) is 3.08. The van der Waals surface area contributed by atoms with Crippen LogP contribution in [0.15, 0.2) is 22.7 Å². The Balaban J connectivity index is 2.15. The second-order valence-corrected chi connectivity index (χ2v) is 5.98. The fourth-order valence-corrected chi connectivity index (χ4v) is 3.08. The minimum absolute atomic E-state index is 0.241. The molecule has 0 aliphatic carbocycles. The van der Waals surface area contributed by atoms with E-state index in [1.54, 1.807) is 12.1 Å². The molecule has 1 fully saturated rings. The number of halogens is 2. The topological polar surface area (TPSA) is 38.7 Å². The van der Waals surface area contributed by atoms with E-state index in [0.29, 0.717) is 38.2 Å². The van der Waals surface area contributed by atoms with Gasteiger partial charge in [-0.25, -0.2) is 4.39 Å². The third-order valence-electron chi connectivity index (χ3n) is 3.80. The van der Waals surface area contributed by atoms with Crippen LogP contribution in [0.3, 0.4) is 0 Å². The highest BCUT2D eigenvalue weighted by molar-refractivity contribution is 9.10. The van der Waals surface area contributed by atoms with Gasteiger partial charge < -0.3 is 14.6 Å². The smallest absolute Gasteiger partial charge is 0.126 e. The van der Waals surface area contributed by atoms with Gasteiger partial charge in [0.25, 0.3) is 0 Å². The molecule has 0 amide bonds. The quantitative estimate of drug-likeness (QED) is 0.890. The van der Waals surface area contributed by atoms with Crippen molar-refractivity contribution >= 4 is 15.9 Å². The van der Waals surface area contributed by atoms with Crippen LogP contribution < -0.4 is 0 Å². The average molecular weight is 347 g/mol. The molecule has 1 atom stereocenters. The predicted molar refractivity (Wildman–Crippen MR) is 78.2 cm³/mol. The summed E-state index contributed by atoms with van der Waals surface area (Å²) >= 11 is 3.33. The number of aliphatic hydroxyl groups excluding tert-OH is 1. The fourth-order valence-electron chi connectivity index (χ4n) is 2.67. The van der Waals surface area contributed by atoms with Gasteiger partial charge in [-0.1, -0.05) is 15.9 Å². The Bertz CT molecular complexity index is 441. The Morgan fingerprint density at radius 1 is 1.45 bits per heavy atom. The molecule has 0 aromatic heterocycles. The molecule has 20 heavy (non-hydrogen) atoms. The highest BCUT2D eigenvalue weighted by Crippen LogP contribution is 2.31. The second kappa shape index (κ2) is 6.98. The van der Waals surface area contributed by atoms with Crippen LogP contribution in [0.25, 0.3) is 0 Å². The highest BCUT2D eigenvalue weighted by Gasteiger charge is 2.40. The van der Waals surface area contributed by atoms with Gasteiger partial charge in [-0.15, -0.1) is 0 Å². The zero-order chi connectivity index (χ0) is 14.6. The summed E-state index contributed by atoms with van der Waals surface area (Å²) in [5, 5.41) is 10.6. The minimum Gasteiger partial charge on any atom is -0.390 e. The maximum Gasteiger partial charge on any atom is 0.126 e. The molecule has 2 rings (SSSR count). The second-order valence-electron chi connectivity index (χ2n) is 5.07. The van der Waals surface area contributed by atoms with Crippen molar-refractivity contribution < 1.29 is 19.0 Å².